The van der Waals surface area contributed by atoms with Crippen LogP contribution in [0.1, 0.15) is 22.8 Å². The first-order valence-corrected chi connectivity index (χ1v) is 8.81. The molecule has 27 heavy (non-hydrogen) atoms. The third-order valence-corrected chi connectivity index (χ3v) is 4.28. The molecule has 0 saturated carbocycles. The summed E-state index contributed by atoms with van der Waals surface area (Å²) < 4.78 is 1.72. The monoisotopic (exact) mass is 362 g/mol. The van der Waals surface area contributed by atoms with E-state index in [0.717, 1.165) is 23.4 Å². The van der Waals surface area contributed by atoms with Gasteiger partial charge in [-0.25, -0.2) is 4.68 Å². The predicted octanol–water partition coefficient (Wildman–Crippen LogP) is 3.15. The molecule has 3 aromatic rings. The van der Waals surface area contributed by atoms with E-state index in [2.05, 4.69) is 10.4 Å². The summed E-state index contributed by atoms with van der Waals surface area (Å²) in [6.07, 6.45) is 4.36. The van der Waals surface area contributed by atoms with Crippen molar-refractivity contribution in [2.24, 2.45) is 0 Å². The fourth-order valence-corrected chi connectivity index (χ4v) is 2.83. The maximum atomic E-state index is 12.6. The molecule has 2 amide bonds. The van der Waals surface area contributed by atoms with Crippen molar-refractivity contribution < 1.29 is 9.59 Å². The van der Waals surface area contributed by atoms with Gasteiger partial charge in [0.25, 0.3) is 5.91 Å². The van der Waals surface area contributed by atoms with Crippen LogP contribution in [-0.4, -0.2) is 40.1 Å². The molecule has 0 spiro atoms. The number of likely N-dealkylation sites (N-methyl/N-ethyl adjacent to an activating group) is 1. The number of aryl methyl sites for hydroxylation is 1. The number of anilines is 1. The van der Waals surface area contributed by atoms with Gasteiger partial charge in [0.1, 0.15) is 0 Å². The van der Waals surface area contributed by atoms with Gasteiger partial charge in [0.2, 0.25) is 5.91 Å². The van der Waals surface area contributed by atoms with Gasteiger partial charge in [-0.1, -0.05) is 25.1 Å². The smallest absolute Gasteiger partial charge is 0.254 e. The van der Waals surface area contributed by atoms with Crippen molar-refractivity contribution in [2.75, 3.05) is 18.9 Å². The molecule has 0 fully saturated rings. The molecule has 0 unspecified atom stereocenters. The van der Waals surface area contributed by atoms with Gasteiger partial charge in [-0.3, -0.25) is 9.59 Å². The molecule has 6 heteroatoms. The summed E-state index contributed by atoms with van der Waals surface area (Å²) in [6, 6.07) is 16.6. The number of hydrogen-bond donors (Lipinski definition) is 1. The van der Waals surface area contributed by atoms with Crippen molar-refractivity contribution in [1.29, 1.82) is 0 Å². The van der Waals surface area contributed by atoms with Gasteiger partial charge in [-0.05, 0) is 48.4 Å². The molecule has 1 aromatic heterocycles. The largest absolute Gasteiger partial charge is 0.332 e. The van der Waals surface area contributed by atoms with Crippen LogP contribution >= 0.6 is 0 Å². The summed E-state index contributed by atoms with van der Waals surface area (Å²) in [5, 5.41) is 7.04. The number of aromatic nitrogens is 2. The van der Waals surface area contributed by atoms with Crippen LogP contribution in [0.5, 0.6) is 0 Å². The third-order valence-electron chi connectivity index (χ3n) is 4.28. The number of rotatable bonds is 6. The fourth-order valence-electron chi connectivity index (χ4n) is 2.83. The van der Waals surface area contributed by atoms with Crippen molar-refractivity contribution in [3.63, 3.8) is 0 Å². The summed E-state index contributed by atoms with van der Waals surface area (Å²) in [7, 11) is 1.62. The highest BCUT2D eigenvalue weighted by Gasteiger charge is 2.16. The third kappa shape index (κ3) is 4.41. The second-order valence-electron chi connectivity index (χ2n) is 6.22. The molecule has 3 rings (SSSR count). The van der Waals surface area contributed by atoms with E-state index in [-0.39, 0.29) is 18.4 Å². The second kappa shape index (κ2) is 8.31. The molecule has 1 N–H and O–H groups in total. The minimum absolute atomic E-state index is 0.0161. The van der Waals surface area contributed by atoms with E-state index >= 15 is 0 Å². The van der Waals surface area contributed by atoms with Crippen molar-refractivity contribution >= 4 is 17.5 Å². The summed E-state index contributed by atoms with van der Waals surface area (Å²) in [4.78, 5) is 26.3. The van der Waals surface area contributed by atoms with Gasteiger partial charge < -0.3 is 10.2 Å². The highest BCUT2D eigenvalue weighted by Crippen LogP contribution is 2.15. The van der Waals surface area contributed by atoms with Gasteiger partial charge in [-0.2, -0.15) is 5.10 Å². The Bertz CT molecular complexity index is 918. The van der Waals surface area contributed by atoms with E-state index in [1.807, 2.05) is 55.6 Å². The minimum atomic E-state index is -0.222. The Morgan fingerprint density at radius 3 is 2.48 bits per heavy atom. The first kappa shape index (κ1) is 18.4. The van der Waals surface area contributed by atoms with Gasteiger partial charge >= 0.3 is 0 Å². The Morgan fingerprint density at radius 1 is 1.07 bits per heavy atom. The second-order valence-corrected chi connectivity index (χ2v) is 6.22. The summed E-state index contributed by atoms with van der Waals surface area (Å²) >= 11 is 0. The highest BCUT2D eigenvalue weighted by atomic mass is 16.2. The number of nitrogens with one attached hydrogen (secondary N) is 1. The zero-order chi connectivity index (χ0) is 19.2. The average molecular weight is 362 g/mol. The van der Waals surface area contributed by atoms with Crippen molar-refractivity contribution in [2.45, 2.75) is 13.3 Å². The van der Waals surface area contributed by atoms with Crippen molar-refractivity contribution in [1.82, 2.24) is 14.7 Å². The van der Waals surface area contributed by atoms with Crippen LogP contribution in [0.4, 0.5) is 5.69 Å². The van der Waals surface area contributed by atoms with E-state index < -0.39 is 0 Å². The predicted molar refractivity (Wildman–Crippen MR) is 105 cm³/mol. The van der Waals surface area contributed by atoms with E-state index in [1.165, 1.54) is 4.90 Å². The zero-order valence-electron chi connectivity index (χ0n) is 15.4. The van der Waals surface area contributed by atoms with Crippen LogP contribution in [0.3, 0.4) is 0 Å². The number of amides is 2. The molecule has 2 aromatic carbocycles. The molecule has 0 radical (unpaired) electrons. The topological polar surface area (TPSA) is 67.2 Å². The molecule has 0 saturated heterocycles. The summed E-state index contributed by atoms with van der Waals surface area (Å²) in [5.41, 5.74) is 3.24. The summed E-state index contributed by atoms with van der Waals surface area (Å²) in [5.74, 6) is -0.430. The number of benzene rings is 2. The molecule has 0 aliphatic rings. The first-order chi connectivity index (χ1) is 13.1. The van der Waals surface area contributed by atoms with Gasteiger partial charge in [0, 0.05) is 30.7 Å². The molecule has 0 atom stereocenters. The number of carbonyl (C=O) groups is 2. The first-order valence-electron chi connectivity index (χ1n) is 8.81. The zero-order valence-corrected chi connectivity index (χ0v) is 15.4. The van der Waals surface area contributed by atoms with Crippen LogP contribution in [0.25, 0.3) is 5.69 Å². The number of para-hydroxylation sites is 1. The molecule has 0 bridgehead atoms. The van der Waals surface area contributed by atoms with Crippen LogP contribution in [0.2, 0.25) is 0 Å². The lowest BCUT2D eigenvalue weighted by molar-refractivity contribution is -0.116. The lowest BCUT2D eigenvalue weighted by Gasteiger charge is -2.18. The molecule has 0 aliphatic heterocycles. The van der Waals surface area contributed by atoms with Crippen LogP contribution in [0, 0.1) is 0 Å². The molecular weight excluding hydrogens is 340 g/mol. The Labute approximate surface area is 158 Å². The quantitative estimate of drug-likeness (QED) is 0.732. The van der Waals surface area contributed by atoms with E-state index in [4.69, 9.17) is 0 Å². The van der Waals surface area contributed by atoms with Gasteiger partial charge in [0.15, 0.2) is 0 Å². The molecule has 138 valence electrons. The van der Waals surface area contributed by atoms with Crippen molar-refractivity contribution in [3.05, 3.63) is 78.1 Å². The average Bonchev–Trinajstić information content (AvgIpc) is 3.22. The highest BCUT2D eigenvalue weighted by molar-refractivity contribution is 5.99. The van der Waals surface area contributed by atoms with Crippen LogP contribution < -0.4 is 5.32 Å². The van der Waals surface area contributed by atoms with Crippen LogP contribution in [0.15, 0.2) is 67.0 Å². The fraction of sp³-hybridized carbons (Fsp3) is 0.190. The van der Waals surface area contributed by atoms with Gasteiger partial charge in [-0.15, -0.1) is 0 Å². The Balaban J connectivity index is 1.62. The van der Waals surface area contributed by atoms with E-state index in [1.54, 1.807) is 30.1 Å². The standard InChI is InChI=1S/C21H22N4O2/c1-3-16-7-4-5-8-19(16)23-20(26)15-24(2)21(27)17-9-11-18(12-10-17)25-14-6-13-22-25/h4-14H,3,15H2,1-2H3,(H,23,26). The number of nitrogens with zero attached hydrogens (tertiary/aromatic N) is 3. The van der Waals surface area contributed by atoms with Crippen LogP contribution in [-0.2, 0) is 11.2 Å². The molecule has 1 heterocycles. The molecular formula is C21H22N4O2. The molecule has 0 aliphatic carbocycles. The Hall–Kier alpha value is -3.41. The van der Waals surface area contributed by atoms with Crippen molar-refractivity contribution in [3.8, 4) is 5.69 Å². The molecule has 6 nitrogen and oxygen atoms in total. The maximum Gasteiger partial charge on any atom is 0.254 e. The van der Waals surface area contributed by atoms with E-state index in [0.29, 0.717) is 5.56 Å². The minimum Gasteiger partial charge on any atom is -0.332 e. The Kier molecular flexibility index (Phi) is 5.66. The number of carbonyl (C=O) groups excluding carboxylic acids is 2. The van der Waals surface area contributed by atoms with Gasteiger partial charge in [0.05, 0.1) is 12.2 Å². The lowest BCUT2D eigenvalue weighted by atomic mass is 10.1. The van der Waals surface area contributed by atoms with E-state index in [9.17, 15) is 9.59 Å². The number of hydrogen-bond acceptors (Lipinski definition) is 3. The maximum absolute atomic E-state index is 12.6. The summed E-state index contributed by atoms with van der Waals surface area (Å²) in [6.45, 7) is 2.02. The normalized spacial score (nSPS) is 10.4. The SMILES string of the molecule is CCc1ccccc1NC(=O)CN(C)C(=O)c1ccc(-n2cccn2)cc1. The lowest BCUT2D eigenvalue weighted by Crippen LogP contribution is -2.35. The Morgan fingerprint density at radius 2 is 1.81 bits per heavy atom.